The molecule has 0 aliphatic heterocycles. The van der Waals surface area contributed by atoms with Gasteiger partial charge in [0, 0.05) is 6.21 Å². The maximum absolute atomic E-state index is 11.1. The molecular formula is C14H14N2O2S. The van der Waals surface area contributed by atoms with E-state index in [9.17, 15) is 8.42 Å². The van der Waals surface area contributed by atoms with E-state index in [1.54, 1.807) is 18.3 Å². The molecule has 0 atom stereocenters. The van der Waals surface area contributed by atoms with Crippen LogP contribution in [0.2, 0.25) is 0 Å². The zero-order chi connectivity index (χ0) is 13.9. The van der Waals surface area contributed by atoms with Crippen LogP contribution in [-0.4, -0.2) is 14.6 Å². The number of nitrogens with zero attached hydrogens (tertiary/aromatic N) is 1. The van der Waals surface area contributed by atoms with Gasteiger partial charge in [-0.1, -0.05) is 29.8 Å². The molecule has 4 nitrogen and oxygen atoms in total. The van der Waals surface area contributed by atoms with Gasteiger partial charge in [-0.3, -0.25) is 4.99 Å². The Kier molecular flexibility index (Phi) is 3.78. The number of rotatable bonds is 3. The van der Waals surface area contributed by atoms with Gasteiger partial charge in [0.25, 0.3) is 0 Å². The molecule has 19 heavy (non-hydrogen) atoms. The second kappa shape index (κ2) is 5.34. The van der Waals surface area contributed by atoms with Crippen molar-refractivity contribution in [3.63, 3.8) is 0 Å². The molecule has 98 valence electrons. The van der Waals surface area contributed by atoms with Crippen LogP contribution in [0.1, 0.15) is 11.1 Å². The van der Waals surface area contributed by atoms with E-state index >= 15 is 0 Å². The van der Waals surface area contributed by atoms with Crippen LogP contribution in [0.25, 0.3) is 0 Å². The molecule has 0 fully saturated rings. The minimum absolute atomic E-state index is 0.0850. The highest BCUT2D eigenvalue weighted by Crippen LogP contribution is 2.15. The molecule has 0 spiro atoms. The van der Waals surface area contributed by atoms with Gasteiger partial charge in [0.2, 0.25) is 10.0 Å². The van der Waals surface area contributed by atoms with E-state index in [1.165, 1.54) is 17.7 Å². The number of aryl methyl sites for hydroxylation is 1. The molecule has 0 bridgehead atoms. The van der Waals surface area contributed by atoms with Crippen LogP contribution in [0, 0.1) is 6.92 Å². The van der Waals surface area contributed by atoms with Crippen molar-refractivity contribution >= 4 is 21.9 Å². The summed E-state index contributed by atoms with van der Waals surface area (Å²) in [6, 6.07) is 14.1. The third-order valence-corrected chi connectivity index (χ3v) is 3.53. The molecule has 0 saturated heterocycles. The zero-order valence-corrected chi connectivity index (χ0v) is 11.3. The van der Waals surface area contributed by atoms with Crippen molar-refractivity contribution in [2.75, 3.05) is 0 Å². The van der Waals surface area contributed by atoms with E-state index < -0.39 is 10.0 Å². The zero-order valence-electron chi connectivity index (χ0n) is 10.4. The minimum Gasteiger partial charge on any atom is -0.256 e. The lowest BCUT2D eigenvalue weighted by atomic mass is 10.2. The number of benzene rings is 2. The van der Waals surface area contributed by atoms with Crippen LogP contribution in [-0.2, 0) is 10.0 Å². The van der Waals surface area contributed by atoms with E-state index in [4.69, 9.17) is 5.14 Å². The molecule has 0 radical (unpaired) electrons. The lowest BCUT2D eigenvalue weighted by Crippen LogP contribution is -2.11. The number of sulfonamides is 1. The summed E-state index contributed by atoms with van der Waals surface area (Å²) in [5, 5.41) is 5.02. The van der Waals surface area contributed by atoms with E-state index in [1.807, 2.05) is 31.2 Å². The monoisotopic (exact) mass is 274 g/mol. The fourth-order valence-corrected chi connectivity index (χ4v) is 2.04. The van der Waals surface area contributed by atoms with Crippen molar-refractivity contribution in [1.82, 2.24) is 0 Å². The average Bonchev–Trinajstić information content (AvgIpc) is 2.37. The van der Waals surface area contributed by atoms with Gasteiger partial charge in [-0.05, 0) is 36.8 Å². The van der Waals surface area contributed by atoms with Crippen molar-refractivity contribution in [3.05, 3.63) is 59.7 Å². The highest BCUT2D eigenvalue weighted by atomic mass is 32.2. The van der Waals surface area contributed by atoms with Crippen molar-refractivity contribution in [1.29, 1.82) is 0 Å². The highest BCUT2D eigenvalue weighted by molar-refractivity contribution is 7.89. The molecule has 2 N–H and O–H groups in total. The summed E-state index contributed by atoms with van der Waals surface area (Å²) < 4.78 is 22.2. The van der Waals surface area contributed by atoms with Gasteiger partial charge in [-0.2, -0.15) is 0 Å². The van der Waals surface area contributed by atoms with Gasteiger partial charge >= 0.3 is 0 Å². The maximum Gasteiger partial charge on any atom is 0.238 e. The summed E-state index contributed by atoms with van der Waals surface area (Å²) in [7, 11) is -3.64. The van der Waals surface area contributed by atoms with Crippen LogP contribution in [0.3, 0.4) is 0 Å². The molecule has 0 aliphatic carbocycles. The highest BCUT2D eigenvalue weighted by Gasteiger charge is 2.05. The molecule has 2 rings (SSSR count). The minimum atomic E-state index is -3.64. The molecule has 0 saturated carbocycles. The van der Waals surface area contributed by atoms with E-state index in [-0.39, 0.29) is 4.90 Å². The van der Waals surface area contributed by atoms with Gasteiger partial charge in [-0.25, -0.2) is 13.6 Å². The number of primary sulfonamides is 1. The van der Waals surface area contributed by atoms with Gasteiger partial charge in [-0.15, -0.1) is 0 Å². The fourth-order valence-electron chi connectivity index (χ4n) is 1.52. The number of aliphatic imine (C=N–C) groups is 1. The Morgan fingerprint density at radius 2 is 1.58 bits per heavy atom. The van der Waals surface area contributed by atoms with E-state index in [2.05, 4.69) is 4.99 Å². The van der Waals surface area contributed by atoms with Gasteiger partial charge in [0.1, 0.15) is 0 Å². The number of hydrogen-bond donors (Lipinski definition) is 1. The summed E-state index contributed by atoms with van der Waals surface area (Å²) in [6.07, 6.45) is 1.73. The smallest absolute Gasteiger partial charge is 0.238 e. The second-order valence-electron chi connectivity index (χ2n) is 4.21. The Balaban J connectivity index is 2.18. The van der Waals surface area contributed by atoms with Crippen LogP contribution in [0.15, 0.2) is 58.4 Å². The standard InChI is InChI=1S/C14H14N2O2S/c1-11-2-4-12(5-3-11)10-16-13-6-8-14(9-7-13)19(15,17)18/h2-10H,1H3,(H2,15,17,18). The second-order valence-corrected chi connectivity index (χ2v) is 5.77. The average molecular weight is 274 g/mol. The van der Waals surface area contributed by atoms with Crippen molar-refractivity contribution in [2.24, 2.45) is 10.1 Å². The molecule has 2 aromatic rings. The Morgan fingerprint density at radius 1 is 1.00 bits per heavy atom. The van der Waals surface area contributed by atoms with E-state index in [0.717, 1.165) is 5.56 Å². The van der Waals surface area contributed by atoms with Crippen LogP contribution in [0.5, 0.6) is 0 Å². The Bertz CT molecular complexity index is 687. The molecule has 0 amide bonds. The van der Waals surface area contributed by atoms with Gasteiger partial charge < -0.3 is 0 Å². The first kappa shape index (κ1) is 13.5. The molecule has 0 unspecified atom stereocenters. The maximum atomic E-state index is 11.1. The number of nitrogens with two attached hydrogens (primary N) is 1. The molecule has 5 heteroatoms. The molecule has 2 aromatic carbocycles. The molecule has 0 heterocycles. The predicted molar refractivity (Wildman–Crippen MR) is 76.2 cm³/mol. The van der Waals surface area contributed by atoms with Crippen LogP contribution in [0.4, 0.5) is 5.69 Å². The van der Waals surface area contributed by atoms with Crippen molar-refractivity contribution < 1.29 is 8.42 Å². The van der Waals surface area contributed by atoms with Crippen LogP contribution < -0.4 is 5.14 Å². The summed E-state index contributed by atoms with van der Waals surface area (Å²) >= 11 is 0. The summed E-state index contributed by atoms with van der Waals surface area (Å²) in [4.78, 5) is 4.35. The third-order valence-electron chi connectivity index (χ3n) is 2.61. The first-order valence-electron chi connectivity index (χ1n) is 5.69. The van der Waals surface area contributed by atoms with Gasteiger partial charge in [0.05, 0.1) is 10.6 Å². The summed E-state index contributed by atoms with van der Waals surface area (Å²) in [5.41, 5.74) is 2.85. The van der Waals surface area contributed by atoms with Crippen molar-refractivity contribution in [2.45, 2.75) is 11.8 Å². The number of hydrogen-bond acceptors (Lipinski definition) is 3. The molecular weight excluding hydrogens is 260 g/mol. The molecule has 0 aromatic heterocycles. The van der Waals surface area contributed by atoms with Gasteiger partial charge in [0.15, 0.2) is 0 Å². The first-order chi connectivity index (χ1) is 8.95. The lowest BCUT2D eigenvalue weighted by molar-refractivity contribution is 0.598. The van der Waals surface area contributed by atoms with Crippen molar-refractivity contribution in [3.8, 4) is 0 Å². The predicted octanol–water partition coefficient (Wildman–Crippen LogP) is 2.39. The quantitative estimate of drug-likeness (QED) is 0.873. The Morgan fingerprint density at radius 3 is 2.11 bits per heavy atom. The van der Waals surface area contributed by atoms with Crippen LogP contribution >= 0.6 is 0 Å². The third kappa shape index (κ3) is 3.74. The lowest BCUT2D eigenvalue weighted by Gasteiger charge is -1.98. The first-order valence-corrected chi connectivity index (χ1v) is 7.23. The SMILES string of the molecule is Cc1ccc(C=Nc2ccc(S(N)(=O)=O)cc2)cc1. The summed E-state index contributed by atoms with van der Waals surface area (Å²) in [5.74, 6) is 0. The normalized spacial score (nSPS) is 11.9. The summed E-state index contributed by atoms with van der Waals surface area (Å²) in [6.45, 7) is 2.02. The largest absolute Gasteiger partial charge is 0.256 e. The van der Waals surface area contributed by atoms with E-state index in [0.29, 0.717) is 5.69 Å². The fraction of sp³-hybridized carbons (Fsp3) is 0.0714. The molecule has 0 aliphatic rings. The topological polar surface area (TPSA) is 72.5 Å². The Hall–Kier alpha value is -1.98. The Labute approximate surface area is 112 Å².